The van der Waals surface area contributed by atoms with Crippen LogP contribution in [0.3, 0.4) is 0 Å². The van der Waals surface area contributed by atoms with Gasteiger partial charge < -0.3 is 10.1 Å². The molecule has 4 heteroatoms. The number of hydrogen-bond donors (Lipinski definition) is 1. The first-order chi connectivity index (χ1) is 9.20. The van der Waals surface area contributed by atoms with Crippen molar-refractivity contribution in [1.29, 1.82) is 0 Å². The van der Waals surface area contributed by atoms with Gasteiger partial charge in [0.15, 0.2) is 0 Å². The summed E-state index contributed by atoms with van der Waals surface area (Å²) in [4.78, 5) is 4.12. The zero-order valence-electron chi connectivity index (χ0n) is 11.1. The van der Waals surface area contributed by atoms with Gasteiger partial charge >= 0.3 is 0 Å². The molecule has 1 atom stereocenters. The summed E-state index contributed by atoms with van der Waals surface area (Å²) >= 11 is 6.10. The molecule has 0 amide bonds. The fourth-order valence-corrected chi connectivity index (χ4v) is 2.12. The summed E-state index contributed by atoms with van der Waals surface area (Å²) in [5.41, 5.74) is 2.30. The topological polar surface area (TPSA) is 34.1 Å². The van der Waals surface area contributed by atoms with Gasteiger partial charge in [-0.2, -0.15) is 0 Å². The Balaban J connectivity index is 1.97. The number of rotatable bonds is 5. The number of nitrogens with zero attached hydrogens (tertiary/aromatic N) is 1. The van der Waals surface area contributed by atoms with Crippen LogP contribution in [-0.2, 0) is 6.54 Å². The molecule has 1 heterocycles. The first-order valence-electron chi connectivity index (χ1n) is 6.16. The van der Waals surface area contributed by atoms with Crippen LogP contribution in [0.5, 0.6) is 5.75 Å². The van der Waals surface area contributed by atoms with E-state index < -0.39 is 0 Å². The summed E-state index contributed by atoms with van der Waals surface area (Å²) in [5, 5.41) is 4.08. The number of nitrogens with one attached hydrogen (secondary N) is 1. The van der Waals surface area contributed by atoms with Crippen LogP contribution in [0.2, 0.25) is 5.02 Å². The molecule has 0 saturated carbocycles. The second kappa shape index (κ2) is 6.55. The normalized spacial score (nSPS) is 12.2. The van der Waals surface area contributed by atoms with Crippen molar-refractivity contribution in [3.8, 4) is 5.75 Å². The van der Waals surface area contributed by atoms with Gasteiger partial charge in [-0.3, -0.25) is 4.98 Å². The third-order valence-corrected chi connectivity index (χ3v) is 3.31. The van der Waals surface area contributed by atoms with E-state index in [9.17, 15) is 0 Å². The average molecular weight is 277 g/mol. The number of methoxy groups -OCH3 is 1. The van der Waals surface area contributed by atoms with Crippen LogP contribution < -0.4 is 10.1 Å². The summed E-state index contributed by atoms with van der Waals surface area (Å²) in [7, 11) is 1.61. The molecule has 19 heavy (non-hydrogen) atoms. The Morgan fingerprint density at radius 3 is 2.84 bits per heavy atom. The fourth-order valence-electron chi connectivity index (χ4n) is 1.84. The Bertz CT molecular complexity index is 531. The van der Waals surface area contributed by atoms with Crippen molar-refractivity contribution >= 4 is 11.6 Å². The molecule has 0 aliphatic carbocycles. The molecule has 0 saturated heterocycles. The van der Waals surface area contributed by atoms with Gasteiger partial charge in [0.25, 0.3) is 0 Å². The molecule has 0 fully saturated rings. The highest BCUT2D eigenvalue weighted by atomic mass is 35.5. The van der Waals surface area contributed by atoms with Gasteiger partial charge in [0.2, 0.25) is 0 Å². The first-order valence-corrected chi connectivity index (χ1v) is 6.54. The SMILES string of the molecule is COc1ccc(CN[C@@H](C)c2cccnc2)cc1Cl. The summed E-state index contributed by atoms with van der Waals surface area (Å²) in [6, 6.07) is 10.1. The number of hydrogen-bond acceptors (Lipinski definition) is 3. The maximum Gasteiger partial charge on any atom is 0.137 e. The molecule has 0 bridgehead atoms. The lowest BCUT2D eigenvalue weighted by molar-refractivity contribution is 0.414. The van der Waals surface area contributed by atoms with Crippen LogP contribution in [0, 0.1) is 0 Å². The number of ether oxygens (including phenoxy) is 1. The van der Waals surface area contributed by atoms with Crippen LogP contribution in [-0.4, -0.2) is 12.1 Å². The second-order valence-corrected chi connectivity index (χ2v) is 4.77. The Kier molecular flexibility index (Phi) is 4.77. The molecule has 0 spiro atoms. The minimum absolute atomic E-state index is 0.245. The van der Waals surface area contributed by atoms with E-state index in [0.717, 1.165) is 12.1 Å². The predicted molar refractivity (Wildman–Crippen MR) is 77.5 cm³/mol. The number of benzene rings is 1. The molecule has 1 aromatic carbocycles. The van der Waals surface area contributed by atoms with Crippen molar-refractivity contribution in [3.63, 3.8) is 0 Å². The van der Waals surface area contributed by atoms with Crippen molar-refractivity contribution in [2.45, 2.75) is 19.5 Å². The van der Waals surface area contributed by atoms with Crippen molar-refractivity contribution < 1.29 is 4.74 Å². The van der Waals surface area contributed by atoms with E-state index in [1.807, 2.05) is 30.5 Å². The molecular formula is C15H17ClN2O. The fraction of sp³-hybridized carbons (Fsp3) is 0.267. The highest BCUT2D eigenvalue weighted by Gasteiger charge is 2.06. The first kappa shape index (κ1) is 13.8. The van der Waals surface area contributed by atoms with Crippen LogP contribution in [0.15, 0.2) is 42.7 Å². The van der Waals surface area contributed by atoms with E-state index in [0.29, 0.717) is 10.8 Å². The highest BCUT2D eigenvalue weighted by Crippen LogP contribution is 2.25. The quantitative estimate of drug-likeness (QED) is 0.906. The number of pyridine rings is 1. The van der Waals surface area contributed by atoms with E-state index in [-0.39, 0.29) is 6.04 Å². The molecule has 0 aliphatic heterocycles. The van der Waals surface area contributed by atoms with E-state index in [1.165, 1.54) is 5.56 Å². The summed E-state index contributed by atoms with van der Waals surface area (Å²) in [5.74, 6) is 0.700. The molecular weight excluding hydrogens is 260 g/mol. The Hall–Kier alpha value is -1.58. The predicted octanol–water partition coefficient (Wildman–Crippen LogP) is 3.59. The van der Waals surface area contributed by atoms with Crippen LogP contribution >= 0.6 is 11.6 Å². The van der Waals surface area contributed by atoms with Gasteiger partial charge in [0.1, 0.15) is 5.75 Å². The van der Waals surface area contributed by atoms with E-state index in [2.05, 4.69) is 23.3 Å². The maximum atomic E-state index is 6.10. The lowest BCUT2D eigenvalue weighted by Crippen LogP contribution is -2.18. The number of aromatic nitrogens is 1. The molecule has 100 valence electrons. The van der Waals surface area contributed by atoms with E-state index >= 15 is 0 Å². The summed E-state index contributed by atoms with van der Waals surface area (Å²) < 4.78 is 5.13. The van der Waals surface area contributed by atoms with Gasteiger partial charge in [0.05, 0.1) is 12.1 Å². The minimum atomic E-state index is 0.245. The van der Waals surface area contributed by atoms with Gasteiger partial charge in [-0.25, -0.2) is 0 Å². The van der Waals surface area contributed by atoms with E-state index in [1.54, 1.807) is 13.3 Å². The second-order valence-electron chi connectivity index (χ2n) is 4.36. The van der Waals surface area contributed by atoms with Gasteiger partial charge in [-0.1, -0.05) is 23.7 Å². The van der Waals surface area contributed by atoms with Crippen LogP contribution in [0.25, 0.3) is 0 Å². The molecule has 1 aromatic heterocycles. The van der Waals surface area contributed by atoms with Crippen LogP contribution in [0.1, 0.15) is 24.1 Å². The van der Waals surface area contributed by atoms with Crippen LogP contribution in [0.4, 0.5) is 0 Å². The van der Waals surface area contributed by atoms with E-state index in [4.69, 9.17) is 16.3 Å². The molecule has 2 aromatic rings. The standard InChI is InChI=1S/C15H17ClN2O/c1-11(13-4-3-7-17-10-13)18-9-12-5-6-15(19-2)14(16)8-12/h3-8,10-11,18H,9H2,1-2H3/t11-/m0/s1. The molecule has 0 radical (unpaired) electrons. The van der Waals surface area contributed by atoms with Gasteiger partial charge in [0, 0.05) is 25.0 Å². The zero-order chi connectivity index (χ0) is 13.7. The average Bonchev–Trinajstić information content (AvgIpc) is 2.46. The van der Waals surface area contributed by atoms with Gasteiger partial charge in [-0.15, -0.1) is 0 Å². The smallest absolute Gasteiger partial charge is 0.137 e. The van der Waals surface area contributed by atoms with Crippen molar-refractivity contribution in [3.05, 3.63) is 58.9 Å². The highest BCUT2D eigenvalue weighted by molar-refractivity contribution is 6.32. The third-order valence-electron chi connectivity index (χ3n) is 3.01. The minimum Gasteiger partial charge on any atom is -0.495 e. The molecule has 0 aliphatic rings. The molecule has 0 unspecified atom stereocenters. The lowest BCUT2D eigenvalue weighted by atomic mass is 10.1. The van der Waals surface area contributed by atoms with Crippen molar-refractivity contribution in [1.82, 2.24) is 10.3 Å². The maximum absolute atomic E-state index is 6.10. The molecule has 2 rings (SSSR count). The lowest BCUT2D eigenvalue weighted by Gasteiger charge is -2.14. The van der Waals surface area contributed by atoms with Crippen molar-refractivity contribution in [2.24, 2.45) is 0 Å². The summed E-state index contributed by atoms with van der Waals surface area (Å²) in [6.45, 7) is 2.86. The monoisotopic (exact) mass is 276 g/mol. The Labute approximate surface area is 118 Å². The molecule has 1 N–H and O–H groups in total. The zero-order valence-corrected chi connectivity index (χ0v) is 11.8. The Morgan fingerprint density at radius 1 is 1.37 bits per heavy atom. The molecule has 3 nitrogen and oxygen atoms in total. The largest absolute Gasteiger partial charge is 0.495 e. The Morgan fingerprint density at radius 2 is 2.21 bits per heavy atom. The number of halogens is 1. The summed E-state index contributed by atoms with van der Waals surface area (Å²) in [6.07, 6.45) is 3.65. The van der Waals surface area contributed by atoms with Crippen molar-refractivity contribution in [2.75, 3.05) is 7.11 Å². The van der Waals surface area contributed by atoms with Gasteiger partial charge in [-0.05, 0) is 36.2 Å². The third kappa shape index (κ3) is 3.69.